The van der Waals surface area contributed by atoms with E-state index in [-0.39, 0.29) is 30.2 Å². The van der Waals surface area contributed by atoms with Gasteiger partial charge < -0.3 is 31.3 Å². The second-order valence-electron chi connectivity index (χ2n) is 5.08. The standard InChI is InChI=1S/C14H21NO6/c1-2-7(3-8(6-15)14(20)21)4-9-10(16)5-11(17)13(19)12(9)18/h5,7-8,16-19H,2-4,6,15H2,1H3,(H,20,21). The van der Waals surface area contributed by atoms with Crippen LogP contribution in [0, 0.1) is 11.8 Å². The number of phenols is 4. The Morgan fingerprint density at radius 1 is 1.19 bits per heavy atom. The molecule has 0 aliphatic rings. The molecule has 0 aliphatic heterocycles. The number of carbonyl (C=O) groups is 1. The molecule has 0 aromatic heterocycles. The summed E-state index contributed by atoms with van der Waals surface area (Å²) in [5.41, 5.74) is 5.50. The molecule has 2 unspecified atom stereocenters. The molecule has 1 aromatic rings. The number of hydrogen-bond acceptors (Lipinski definition) is 6. The lowest BCUT2D eigenvalue weighted by Gasteiger charge is -2.20. The first-order valence-corrected chi connectivity index (χ1v) is 6.70. The molecule has 0 bridgehead atoms. The Labute approximate surface area is 122 Å². The van der Waals surface area contributed by atoms with E-state index < -0.39 is 29.1 Å². The summed E-state index contributed by atoms with van der Waals surface area (Å²) in [7, 11) is 0. The van der Waals surface area contributed by atoms with E-state index in [9.17, 15) is 25.2 Å². The van der Waals surface area contributed by atoms with Crippen LogP contribution in [0.15, 0.2) is 6.07 Å². The summed E-state index contributed by atoms with van der Waals surface area (Å²) < 4.78 is 0. The minimum absolute atomic E-state index is 0.00459. The van der Waals surface area contributed by atoms with Gasteiger partial charge in [0.15, 0.2) is 11.5 Å². The van der Waals surface area contributed by atoms with E-state index in [2.05, 4.69) is 0 Å². The third-order valence-electron chi connectivity index (χ3n) is 3.66. The molecular formula is C14H21NO6. The molecule has 0 fully saturated rings. The lowest BCUT2D eigenvalue weighted by atomic mass is 9.87. The maximum atomic E-state index is 11.0. The number of benzene rings is 1. The number of phenolic OH excluding ortho intramolecular Hbond substituents is 4. The zero-order chi connectivity index (χ0) is 16.2. The smallest absolute Gasteiger partial charge is 0.307 e. The van der Waals surface area contributed by atoms with Gasteiger partial charge in [0.05, 0.1) is 5.92 Å². The maximum absolute atomic E-state index is 11.0. The summed E-state index contributed by atoms with van der Waals surface area (Å²) in [6.45, 7) is 1.86. The van der Waals surface area contributed by atoms with Crippen molar-refractivity contribution in [2.75, 3.05) is 6.54 Å². The predicted molar refractivity (Wildman–Crippen MR) is 75.4 cm³/mol. The summed E-state index contributed by atoms with van der Waals surface area (Å²) in [5.74, 6) is -4.09. The van der Waals surface area contributed by atoms with Gasteiger partial charge >= 0.3 is 5.97 Å². The van der Waals surface area contributed by atoms with Crippen LogP contribution < -0.4 is 5.73 Å². The minimum atomic E-state index is -0.988. The first-order chi connectivity index (χ1) is 9.81. The van der Waals surface area contributed by atoms with E-state index in [0.717, 1.165) is 6.07 Å². The summed E-state index contributed by atoms with van der Waals surface area (Å²) in [6, 6.07) is 0.939. The van der Waals surface area contributed by atoms with Gasteiger partial charge in [0.25, 0.3) is 0 Å². The molecule has 0 spiro atoms. The molecule has 7 heteroatoms. The minimum Gasteiger partial charge on any atom is -0.507 e. The molecule has 7 N–H and O–H groups in total. The van der Waals surface area contributed by atoms with E-state index in [1.54, 1.807) is 0 Å². The second kappa shape index (κ2) is 7.03. The maximum Gasteiger partial charge on any atom is 0.307 e. The Morgan fingerprint density at radius 3 is 2.29 bits per heavy atom. The Morgan fingerprint density at radius 2 is 1.81 bits per heavy atom. The number of rotatable bonds is 7. The average molecular weight is 299 g/mol. The van der Waals surface area contributed by atoms with Gasteiger partial charge in [-0.25, -0.2) is 0 Å². The van der Waals surface area contributed by atoms with Gasteiger partial charge in [-0.1, -0.05) is 13.3 Å². The first-order valence-electron chi connectivity index (χ1n) is 6.70. The van der Waals surface area contributed by atoms with Crippen LogP contribution in [0.25, 0.3) is 0 Å². The van der Waals surface area contributed by atoms with Crippen LogP contribution in [-0.2, 0) is 11.2 Å². The van der Waals surface area contributed by atoms with Gasteiger partial charge in [0, 0.05) is 18.2 Å². The number of aromatic hydroxyl groups is 4. The van der Waals surface area contributed by atoms with Gasteiger partial charge in [-0.05, 0) is 18.8 Å². The summed E-state index contributed by atoms with van der Waals surface area (Å²) >= 11 is 0. The normalized spacial score (nSPS) is 13.8. The predicted octanol–water partition coefficient (Wildman–Crippen LogP) is 1.13. The molecule has 0 aliphatic carbocycles. The van der Waals surface area contributed by atoms with Crippen molar-refractivity contribution in [1.29, 1.82) is 0 Å². The largest absolute Gasteiger partial charge is 0.507 e. The highest BCUT2D eigenvalue weighted by Crippen LogP contribution is 2.44. The molecule has 7 nitrogen and oxygen atoms in total. The summed E-state index contributed by atoms with van der Waals surface area (Å²) in [5, 5.41) is 47.4. The molecule has 21 heavy (non-hydrogen) atoms. The third kappa shape index (κ3) is 3.91. The quantitative estimate of drug-likeness (QED) is 0.327. The Hall–Kier alpha value is -2.15. The van der Waals surface area contributed by atoms with Crippen LogP contribution in [0.3, 0.4) is 0 Å². The topological polar surface area (TPSA) is 144 Å². The average Bonchev–Trinajstić information content (AvgIpc) is 2.44. The lowest BCUT2D eigenvalue weighted by molar-refractivity contribution is -0.142. The van der Waals surface area contributed by atoms with Crippen LogP contribution in [0.2, 0.25) is 0 Å². The van der Waals surface area contributed by atoms with E-state index in [1.165, 1.54) is 0 Å². The second-order valence-corrected chi connectivity index (χ2v) is 5.08. The van der Waals surface area contributed by atoms with E-state index in [0.29, 0.717) is 12.8 Å². The van der Waals surface area contributed by atoms with Crippen molar-refractivity contribution >= 4 is 5.97 Å². The summed E-state index contributed by atoms with van der Waals surface area (Å²) in [4.78, 5) is 11.0. The van der Waals surface area contributed by atoms with Crippen molar-refractivity contribution in [1.82, 2.24) is 0 Å². The number of carboxylic acid groups (broad SMARTS) is 1. The van der Waals surface area contributed by atoms with Crippen LogP contribution >= 0.6 is 0 Å². The van der Waals surface area contributed by atoms with Crippen molar-refractivity contribution in [3.05, 3.63) is 11.6 Å². The lowest BCUT2D eigenvalue weighted by Crippen LogP contribution is -2.26. The van der Waals surface area contributed by atoms with E-state index in [1.807, 2.05) is 6.92 Å². The van der Waals surface area contributed by atoms with Crippen molar-refractivity contribution in [3.8, 4) is 23.0 Å². The van der Waals surface area contributed by atoms with Crippen LogP contribution in [0.1, 0.15) is 25.3 Å². The van der Waals surface area contributed by atoms with Gasteiger partial charge in [0.1, 0.15) is 5.75 Å². The number of aliphatic carboxylic acids is 1. The highest BCUT2D eigenvalue weighted by molar-refractivity contribution is 5.70. The van der Waals surface area contributed by atoms with Gasteiger partial charge in [0.2, 0.25) is 5.75 Å². The third-order valence-corrected chi connectivity index (χ3v) is 3.66. The zero-order valence-electron chi connectivity index (χ0n) is 11.8. The van der Waals surface area contributed by atoms with Crippen LogP contribution in [-0.4, -0.2) is 38.0 Å². The highest BCUT2D eigenvalue weighted by Gasteiger charge is 2.24. The fraction of sp³-hybridized carbons (Fsp3) is 0.500. The molecule has 0 saturated heterocycles. The van der Waals surface area contributed by atoms with Crippen molar-refractivity contribution < 1.29 is 30.3 Å². The van der Waals surface area contributed by atoms with Crippen LogP contribution in [0.4, 0.5) is 0 Å². The Kier molecular flexibility index (Phi) is 5.66. The van der Waals surface area contributed by atoms with Gasteiger partial charge in [-0.2, -0.15) is 0 Å². The molecule has 0 radical (unpaired) electrons. The molecule has 1 aromatic carbocycles. The first kappa shape index (κ1) is 16.9. The van der Waals surface area contributed by atoms with E-state index in [4.69, 9.17) is 10.8 Å². The van der Waals surface area contributed by atoms with Crippen molar-refractivity contribution in [3.63, 3.8) is 0 Å². The zero-order valence-corrected chi connectivity index (χ0v) is 11.8. The molecule has 1 rings (SSSR count). The van der Waals surface area contributed by atoms with Gasteiger partial charge in [-0.3, -0.25) is 4.79 Å². The Balaban J connectivity index is 2.97. The summed E-state index contributed by atoms with van der Waals surface area (Å²) in [6.07, 6.45) is 1.08. The molecular weight excluding hydrogens is 278 g/mol. The number of nitrogens with two attached hydrogens (primary N) is 1. The molecule has 0 amide bonds. The number of carboxylic acids is 1. The number of hydrogen-bond donors (Lipinski definition) is 6. The SMILES string of the molecule is CCC(Cc1c(O)cc(O)c(O)c1O)CC(CN)C(=O)O. The Bertz CT molecular complexity index is 517. The molecule has 118 valence electrons. The van der Waals surface area contributed by atoms with Crippen LogP contribution in [0.5, 0.6) is 23.0 Å². The molecule has 0 saturated carbocycles. The molecule has 2 atom stereocenters. The van der Waals surface area contributed by atoms with Crippen molar-refractivity contribution in [2.24, 2.45) is 17.6 Å². The van der Waals surface area contributed by atoms with Gasteiger partial charge in [-0.15, -0.1) is 0 Å². The fourth-order valence-electron chi connectivity index (χ4n) is 2.26. The monoisotopic (exact) mass is 299 g/mol. The fourth-order valence-corrected chi connectivity index (χ4v) is 2.26. The highest BCUT2D eigenvalue weighted by atomic mass is 16.4. The van der Waals surface area contributed by atoms with E-state index >= 15 is 0 Å². The van der Waals surface area contributed by atoms with Crippen molar-refractivity contribution in [2.45, 2.75) is 26.2 Å². The molecule has 0 heterocycles.